The first-order valence-electron chi connectivity index (χ1n) is 10.7. The number of hydrogen-bond acceptors (Lipinski definition) is 5. The molecule has 6 unspecified atom stereocenters. The first kappa shape index (κ1) is 25.3. The maximum atomic E-state index is 13.6. The van der Waals surface area contributed by atoms with Crippen LogP contribution in [0.15, 0.2) is 23.1 Å². The Morgan fingerprint density at radius 2 is 2.03 bits per heavy atom. The number of anilines is 1. The number of phosphoric acid groups is 1. The lowest BCUT2D eigenvalue weighted by atomic mass is 9.83. The van der Waals surface area contributed by atoms with Gasteiger partial charge in [0.05, 0.1) is 18.1 Å². The Balaban J connectivity index is 1.65. The third kappa shape index (κ3) is 7.10. The molecule has 6 atom stereocenters. The van der Waals surface area contributed by atoms with Crippen molar-refractivity contribution in [3.05, 3.63) is 28.7 Å². The van der Waals surface area contributed by atoms with Crippen LogP contribution in [-0.4, -0.2) is 44.0 Å². The van der Waals surface area contributed by atoms with Crippen LogP contribution in [0.1, 0.15) is 45.4 Å². The lowest BCUT2D eigenvalue weighted by molar-refractivity contribution is -0.136. The SMILES string of the molecule is CC1CC(F)CCC1OC1CC(Cl)CCC1C(=O)Nc1ccn(COP(=O)(O)O)c(=O)c1. The number of ether oxygens (including phenoxy) is 1. The van der Waals surface area contributed by atoms with Gasteiger partial charge in [-0.25, -0.2) is 8.96 Å². The number of amides is 1. The van der Waals surface area contributed by atoms with E-state index in [2.05, 4.69) is 9.84 Å². The topological polar surface area (TPSA) is 127 Å². The molecule has 0 aliphatic heterocycles. The summed E-state index contributed by atoms with van der Waals surface area (Å²) in [5.74, 6) is -0.698. The number of carbonyl (C=O) groups is 1. The number of rotatable bonds is 7. The Kier molecular flexibility index (Phi) is 8.52. The van der Waals surface area contributed by atoms with Gasteiger partial charge in [0.1, 0.15) is 12.9 Å². The molecule has 180 valence electrons. The molecule has 2 saturated carbocycles. The number of nitrogens with one attached hydrogen (secondary N) is 1. The predicted octanol–water partition coefficient (Wildman–Crippen LogP) is 3.17. The summed E-state index contributed by atoms with van der Waals surface area (Å²) in [4.78, 5) is 42.6. The Labute approximate surface area is 190 Å². The van der Waals surface area contributed by atoms with Gasteiger partial charge in [-0.1, -0.05) is 6.92 Å². The minimum atomic E-state index is -4.71. The fourth-order valence-electron chi connectivity index (χ4n) is 4.32. The number of pyridine rings is 1. The molecule has 2 aliphatic carbocycles. The van der Waals surface area contributed by atoms with E-state index in [-0.39, 0.29) is 29.0 Å². The lowest BCUT2D eigenvalue weighted by Gasteiger charge is -2.39. The van der Waals surface area contributed by atoms with E-state index in [1.54, 1.807) is 0 Å². The van der Waals surface area contributed by atoms with E-state index in [4.69, 9.17) is 26.1 Å². The van der Waals surface area contributed by atoms with E-state index in [9.17, 15) is 18.5 Å². The molecule has 1 aromatic heterocycles. The first-order valence-corrected chi connectivity index (χ1v) is 12.6. The maximum absolute atomic E-state index is 13.6. The Hall–Kier alpha value is -1.29. The minimum Gasteiger partial charge on any atom is -0.374 e. The predicted molar refractivity (Wildman–Crippen MR) is 116 cm³/mol. The molecule has 3 N–H and O–H groups in total. The molecule has 3 rings (SSSR count). The van der Waals surface area contributed by atoms with E-state index in [0.717, 1.165) is 10.6 Å². The van der Waals surface area contributed by atoms with E-state index < -0.39 is 38.3 Å². The molecule has 0 bridgehead atoms. The standard InChI is InChI=1S/C20H29ClFN2O7P/c1-12-8-14(22)3-5-17(12)31-18-9-13(21)2-4-16(18)20(26)23-15-6-7-24(19(25)10-15)11-30-32(27,28)29/h6-7,10,12-14,16-18H,2-5,8-9,11H2,1H3,(H,23,26)(H2,27,28,29). The molecule has 9 nitrogen and oxygen atoms in total. The van der Waals surface area contributed by atoms with Gasteiger partial charge in [-0.3, -0.25) is 18.7 Å². The Morgan fingerprint density at radius 1 is 1.28 bits per heavy atom. The largest absolute Gasteiger partial charge is 0.471 e. The van der Waals surface area contributed by atoms with Crippen molar-refractivity contribution in [3.63, 3.8) is 0 Å². The minimum absolute atomic E-state index is 0.0566. The van der Waals surface area contributed by atoms with E-state index >= 15 is 0 Å². The summed E-state index contributed by atoms with van der Waals surface area (Å²) in [5, 5.41) is 2.62. The second-order valence-electron chi connectivity index (χ2n) is 8.58. The molecule has 2 fully saturated rings. The summed E-state index contributed by atoms with van der Waals surface area (Å²) in [6, 6.07) is 2.59. The highest BCUT2D eigenvalue weighted by Crippen LogP contribution is 2.37. The summed E-state index contributed by atoms with van der Waals surface area (Å²) >= 11 is 6.34. The van der Waals surface area contributed by atoms with Crippen molar-refractivity contribution in [1.82, 2.24) is 4.57 Å². The lowest BCUT2D eigenvalue weighted by Crippen LogP contribution is -2.44. The fraction of sp³-hybridized carbons (Fsp3) is 0.700. The number of nitrogens with zero attached hydrogens (tertiary/aromatic N) is 1. The van der Waals surface area contributed by atoms with Crippen molar-refractivity contribution in [1.29, 1.82) is 0 Å². The summed E-state index contributed by atoms with van der Waals surface area (Å²) in [7, 11) is -4.71. The highest BCUT2D eigenvalue weighted by molar-refractivity contribution is 7.46. The van der Waals surface area contributed by atoms with Gasteiger partial charge in [-0.2, -0.15) is 0 Å². The molecule has 1 aromatic rings. The average Bonchev–Trinajstić information content (AvgIpc) is 2.69. The number of alkyl halides is 2. The number of carbonyl (C=O) groups excluding carboxylic acids is 1. The maximum Gasteiger partial charge on any atom is 0.471 e. The third-order valence-electron chi connectivity index (χ3n) is 6.07. The quantitative estimate of drug-likeness (QED) is 0.392. The van der Waals surface area contributed by atoms with Gasteiger partial charge in [-0.15, -0.1) is 11.6 Å². The monoisotopic (exact) mass is 494 g/mol. The van der Waals surface area contributed by atoms with Crippen LogP contribution in [0.25, 0.3) is 0 Å². The molecule has 0 radical (unpaired) electrons. The van der Waals surface area contributed by atoms with Crippen LogP contribution < -0.4 is 10.9 Å². The zero-order valence-corrected chi connectivity index (χ0v) is 19.4. The highest BCUT2D eigenvalue weighted by Gasteiger charge is 2.39. The first-order chi connectivity index (χ1) is 15.0. The molecule has 12 heteroatoms. The molecule has 32 heavy (non-hydrogen) atoms. The van der Waals surface area contributed by atoms with Crippen LogP contribution in [0.5, 0.6) is 0 Å². The molecular weight excluding hydrogens is 466 g/mol. The van der Waals surface area contributed by atoms with Gasteiger partial charge in [0.15, 0.2) is 0 Å². The summed E-state index contributed by atoms with van der Waals surface area (Å²) < 4.78 is 36.0. The average molecular weight is 495 g/mol. The van der Waals surface area contributed by atoms with Crippen molar-refractivity contribution >= 4 is 31.0 Å². The molecular formula is C20H29ClFN2O7P. The van der Waals surface area contributed by atoms with Crippen LogP contribution in [0.3, 0.4) is 0 Å². The normalized spacial score (nSPS) is 31.3. The summed E-state index contributed by atoms with van der Waals surface area (Å²) in [6.07, 6.45) is 3.15. The number of halogens is 2. The van der Waals surface area contributed by atoms with E-state index in [0.29, 0.717) is 38.5 Å². The Bertz CT molecular complexity index is 910. The molecule has 1 amide bonds. The smallest absolute Gasteiger partial charge is 0.374 e. The fourth-order valence-corrected chi connectivity index (χ4v) is 4.90. The van der Waals surface area contributed by atoms with Gasteiger partial charge >= 0.3 is 7.82 Å². The summed E-state index contributed by atoms with van der Waals surface area (Å²) in [6.45, 7) is 1.34. The second-order valence-corrected chi connectivity index (χ2v) is 10.4. The highest BCUT2D eigenvalue weighted by atomic mass is 35.5. The van der Waals surface area contributed by atoms with Gasteiger partial charge in [0, 0.05) is 23.3 Å². The van der Waals surface area contributed by atoms with E-state index in [1.807, 2.05) is 6.92 Å². The van der Waals surface area contributed by atoms with E-state index in [1.165, 1.54) is 12.3 Å². The van der Waals surface area contributed by atoms with Crippen molar-refractivity contribution in [2.24, 2.45) is 11.8 Å². The number of aromatic nitrogens is 1. The zero-order chi connectivity index (χ0) is 23.5. The van der Waals surface area contributed by atoms with Crippen LogP contribution in [0, 0.1) is 11.8 Å². The van der Waals surface area contributed by atoms with Crippen LogP contribution >= 0.6 is 19.4 Å². The third-order valence-corrected chi connectivity index (χ3v) is 6.92. The van der Waals surface area contributed by atoms with Gasteiger partial charge in [0.25, 0.3) is 5.56 Å². The molecule has 2 aliphatic rings. The number of phosphoric ester groups is 1. The van der Waals surface area contributed by atoms with Gasteiger partial charge < -0.3 is 19.8 Å². The van der Waals surface area contributed by atoms with Crippen molar-refractivity contribution < 1.29 is 32.8 Å². The molecule has 0 saturated heterocycles. The zero-order valence-electron chi connectivity index (χ0n) is 17.7. The Morgan fingerprint density at radius 3 is 2.69 bits per heavy atom. The van der Waals surface area contributed by atoms with Gasteiger partial charge in [-0.05, 0) is 50.5 Å². The molecule has 1 heterocycles. The second kappa shape index (κ2) is 10.8. The van der Waals surface area contributed by atoms with Crippen LogP contribution in [-0.2, 0) is 25.4 Å². The number of hydrogen-bond donors (Lipinski definition) is 3. The van der Waals surface area contributed by atoms with Crippen molar-refractivity contribution in [3.8, 4) is 0 Å². The van der Waals surface area contributed by atoms with Crippen LogP contribution in [0.2, 0.25) is 0 Å². The molecule has 0 aromatic carbocycles. The molecule has 0 spiro atoms. The van der Waals surface area contributed by atoms with Crippen molar-refractivity contribution in [2.75, 3.05) is 5.32 Å². The van der Waals surface area contributed by atoms with Crippen LogP contribution in [0.4, 0.5) is 10.1 Å². The van der Waals surface area contributed by atoms with Gasteiger partial charge in [0.2, 0.25) is 5.91 Å². The van der Waals surface area contributed by atoms with Crippen molar-refractivity contribution in [2.45, 2.75) is 75.9 Å². The summed E-state index contributed by atoms with van der Waals surface area (Å²) in [5.41, 5.74) is -0.337.